The SMILES string of the molecule is N=C(N)NCCC[C@H](NC(=O)[C@@H]1CCCN1C(=O)[C@@H](N)Cc1ccccc1)C(=O)NC(=O)c1ccccc1. The predicted molar refractivity (Wildman–Crippen MR) is 143 cm³/mol. The van der Waals surface area contributed by atoms with E-state index in [4.69, 9.17) is 16.9 Å². The van der Waals surface area contributed by atoms with Crippen LogP contribution in [0, 0.1) is 5.41 Å². The molecule has 8 N–H and O–H groups in total. The molecule has 0 aromatic heterocycles. The van der Waals surface area contributed by atoms with E-state index in [1.807, 2.05) is 30.3 Å². The largest absolute Gasteiger partial charge is 0.370 e. The van der Waals surface area contributed by atoms with Gasteiger partial charge in [0.1, 0.15) is 12.1 Å². The molecule has 202 valence electrons. The molecule has 1 aliphatic heterocycles. The molecule has 3 atom stereocenters. The van der Waals surface area contributed by atoms with Gasteiger partial charge in [-0.05, 0) is 49.8 Å². The molecule has 0 unspecified atom stereocenters. The lowest BCUT2D eigenvalue weighted by Crippen LogP contribution is -2.56. The lowest BCUT2D eigenvalue weighted by molar-refractivity contribution is -0.140. The first-order chi connectivity index (χ1) is 18.3. The van der Waals surface area contributed by atoms with E-state index in [0.717, 1.165) is 5.56 Å². The number of nitrogens with one attached hydrogen (secondary N) is 4. The van der Waals surface area contributed by atoms with Crippen molar-refractivity contribution in [3.8, 4) is 0 Å². The number of carbonyl (C=O) groups is 4. The normalized spacial score (nSPS) is 16.2. The van der Waals surface area contributed by atoms with E-state index in [1.165, 1.54) is 4.90 Å². The highest BCUT2D eigenvalue weighted by atomic mass is 16.2. The quantitative estimate of drug-likeness (QED) is 0.139. The molecule has 1 heterocycles. The summed E-state index contributed by atoms with van der Waals surface area (Å²) >= 11 is 0. The Morgan fingerprint density at radius 2 is 1.68 bits per heavy atom. The van der Waals surface area contributed by atoms with Crippen LogP contribution in [0.5, 0.6) is 0 Å². The molecule has 38 heavy (non-hydrogen) atoms. The minimum atomic E-state index is -1.03. The van der Waals surface area contributed by atoms with Crippen LogP contribution in [0.2, 0.25) is 0 Å². The maximum absolute atomic E-state index is 13.3. The van der Waals surface area contributed by atoms with E-state index < -0.39 is 35.8 Å². The van der Waals surface area contributed by atoms with Crippen LogP contribution in [0.4, 0.5) is 0 Å². The Bertz CT molecular complexity index is 1130. The van der Waals surface area contributed by atoms with Crippen molar-refractivity contribution in [3.05, 3.63) is 71.8 Å². The van der Waals surface area contributed by atoms with Crippen LogP contribution in [0.3, 0.4) is 0 Å². The third-order valence-corrected chi connectivity index (χ3v) is 6.34. The average Bonchev–Trinajstić information content (AvgIpc) is 3.41. The number of nitrogens with zero attached hydrogens (tertiary/aromatic N) is 1. The smallest absolute Gasteiger partial charge is 0.257 e. The molecular weight excluding hydrogens is 486 g/mol. The van der Waals surface area contributed by atoms with E-state index in [0.29, 0.717) is 44.3 Å². The Labute approximate surface area is 221 Å². The van der Waals surface area contributed by atoms with Crippen molar-refractivity contribution in [2.45, 2.75) is 50.2 Å². The number of carbonyl (C=O) groups excluding carboxylic acids is 4. The van der Waals surface area contributed by atoms with Crippen LogP contribution in [0.25, 0.3) is 0 Å². The molecule has 11 nitrogen and oxygen atoms in total. The maximum Gasteiger partial charge on any atom is 0.257 e. The standard InChI is InChI=1S/C27H35N7O4/c28-20(17-18-9-3-1-4-10-18)26(38)34-16-8-14-22(34)25(37)32-21(13-7-15-31-27(29)30)24(36)33-23(35)19-11-5-2-6-12-19/h1-6,9-12,20-22H,7-8,13-17,28H2,(H,32,37)(H4,29,30,31)(H,33,35,36)/t20-,21-,22-/m0/s1. The first-order valence-corrected chi connectivity index (χ1v) is 12.6. The summed E-state index contributed by atoms with van der Waals surface area (Å²) in [6, 6.07) is 15.1. The number of amides is 4. The van der Waals surface area contributed by atoms with E-state index >= 15 is 0 Å². The van der Waals surface area contributed by atoms with Crippen molar-refractivity contribution in [1.82, 2.24) is 20.9 Å². The third-order valence-electron chi connectivity index (χ3n) is 6.34. The summed E-state index contributed by atoms with van der Waals surface area (Å²) in [5.74, 6) is -2.25. The Balaban J connectivity index is 1.65. The molecule has 1 saturated heterocycles. The van der Waals surface area contributed by atoms with Crippen LogP contribution in [0.15, 0.2) is 60.7 Å². The molecular formula is C27H35N7O4. The van der Waals surface area contributed by atoms with Gasteiger partial charge in [0, 0.05) is 18.7 Å². The zero-order valence-corrected chi connectivity index (χ0v) is 21.2. The number of hydrogen-bond donors (Lipinski definition) is 6. The minimum Gasteiger partial charge on any atom is -0.370 e. The highest BCUT2D eigenvalue weighted by Gasteiger charge is 2.37. The Morgan fingerprint density at radius 3 is 2.34 bits per heavy atom. The number of likely N-dealkylation sites (tertiary alicyclic amines) is 1. The molecule has 0 spiro atoms. The van der Waals surface area contributed by atoms with Gasteiger partial charge in [0.25, 0.3) is 5.91 Å². The summed E-state index contributed by atoms with van der Waals surface area (Å²) in [7, 11) is 0. The van der Waals surface area contributed by atoms with Crippen LogP contribution in [0.1, 0.15) is 41.6 Å². The van der Waals surface area contributed by atoms with Gasteiger partial charge in [0.05, 0.1) is 6.04 Å². The van der Waals surface area contributed by atoms with Gasteiger partial charge in [0.2, 0.25) is 17.7 Å². The maximum atomic E-state index is 13.3. The second kappa shape index (κ2) is 13.9. The van der Waals surface area contributed by atoms with Gasteiger partial charge in [-0.15, -0.1) is 0 Å². The summed E-state index contributed by atoms with van der Waals surface area (Å²) in [6.45, 7) is 0.704. The van der Waals surface area contributed by atoms with Crippen molar-refractivity contribution < 1.29 is 19.2 Å². The zero-order chi connectivity index (χ0) is 27.5. The van der Waals surface area contributed by atoms with Gasteiger partial charge >= 0.3 is 0 Å². The van der Waals surface area contributed by atoms with Crippen molar-refractivity contribution in [3.63, 3.8) is 0 Å². The molecule has 2 aromatic carbocycles. The van der Waals surface area contributed by atoms with Gasteiger partial charge < -0.3 is 27.0 Å². The Morgan fingerprint density at radius 1 is 1.03 bits per heavy atom. The summed E-state index contributed by atoms with van der Waals surface area (Å²) in [6.07, 6.45) is 2.01. The highest BCUT2D eigenvalue weighted by molar-refractivity contribution is 6.07. The number of benzene rings is 2. The molecule has 0 bridgehead atoms. The molecule has 11 heteroatoms. The lowest BCUT2D eigenvalue weighted by atomic mass is 10.0. The highest BCUT2D eigenvalue weighted by Crippen LogP contribution is 2.20. The second-order valence-corrected chi connectivity index (χ2v) is 9.21. The molecule has 3 rings (SSSR count). The van der Waals surface area contributed by atoms with E-state index in [2.05, 4.69) is 16.0 Å². The summed E-state index contributed by atoms with van der Waals surface area (Å²) < 4.78 is 0. The third kappa shape index (κ3) is 8.13. The zero-order valence-electron chi connectivity index (χ0n) is 21.2. The second-order valence-electron chi connectivity index (χ2n) is 9.21. The summed E-state index contributed by atoms with van der Waals surface area (Å²) in [5.41, 5.74) is 12.7. The van der Waals surface area contributed by atoms with Gasteiger partial charge in [-0.2, -0.15) is 0 Å². The molecule has 1 fully saturated rings. The lowest BCUT2D eigenvalue weighted by Gasteiger charge is -2.28. The number of imide groups is 1. The van der Waals surface area contributed by atoms with E-state index in [1.54, 1.807) is 30.3 Å². The Hall–Kier alpha value is -4.25. The number of guanidine groups is 1. The minimum absolute atomic E-state index is 0.189. The van der Waals surface area contributed by atoms with Crippen LogP contribution in [-0.4, -0.2) is 65.7 Å². The van der Waals surface area contributed by atoms with Gasteiger partial charge in [0.15, 0.2) is 5.96 Å². The molecule has 0 aliphatic carbocycles. The fraction of sp³-hybridized carbons (Fsp3) is 0.370. The van der Waals surface area contributed by atoms with Gasteiger partial charge in [-0.1, -0.05) is 48.5 Å². The summed E-state index contributed by atoms with van der Waals surface area (Å²) in [4.78, 5) is 53.4. The van der Waals surface area contributed by atoms with Crippen molar-refractivity contribution >= 4 is 29.6 Å². The molecule has 2 aromatic rings. The summed E-state index contributed by atoms with van der Waals surface area (Å²) in [5, 5.41) is 15.0. The molecule has 0 radical (unpaired) electrons. The average molecular weight is 522 g/mol. The van der Waals surface area contributed by atoms with Crippen molar-refractivity contribution in [2.24, 2.45) is 11.5 Å². The fourth-order valence-corrected chi connectivity index (χ4v) is 4.40. The van der Waals surface area contributed by atoms with Crippen LogP contribution in [-0.2, 0) is 20.8 Å². The molecule has 4 amide bonds. The number of hydrogen-bond acceptors (Lipinski definition) is 6. The van der Waals surface area contributed by atoms with Gasteiger partial charge in [-0.3, -0.25) is 29.9 Å². The van der Waals surface area contributed by atoms with Crippen molar-refractivity contribution in [1.29, 1.82) is 5.41 Å². The van der Waals surface area contributed by atoms with Crippen LogP contribution >= 0.6 is 0 Å². The fourth-order valence-electron chi connectivity index (χ4n) is 4.40. The molecule has 0 saturated carbocycles. The predicted octanol–water partition coefficient (Wildman–Crippen LogP) is 0.252. The van der Waals surface area contributed by atoms with Gasteiger partial charge in [-0.25, -0.2) is 0 Å². The topological polar surface area (TPSA) is 184 Å². The monoisotopic (exact) mass is 521 g/mol. The number of nitrogens with two attached hydrogens (primary N) is 2. The first kappa shape index (κ1) is 28.3. The van der Waals surface area contributed by atoms with Crippen LogP contribution < -0.4 is 27.4 Å². The van der Waals surface area contributed by atoms with E-state index in [-0.39, 0.29) is 18.3 Å². The van der Waals surface area contributed by atoms with Crippen molar-refractivity contribution in [2.75, 3.05) is 13.1 Å². The Kier molecular flexibility index (Phi) is 10.4. The first-order valence-electron chi connectivity index (χ1n) is 12.6. The van der Waals surface area contributed by atoms with E-state index in [9.17, 15) is 19.2 Å². The number of rotatable bonds is 11. The molecule has 1 aliphatic rings.